The van der Waals surface area contributed by atoms with E-state index in [9.17, 15) is 9.59 Å². The van der Waals surface area contributed by atoms with Crippen LogP contribution >= 0.6 is 11.3 Å². The Morgan fingerprint density at radius 2 is 1.92 bits per heavy atom. The smallest absolute Gasteiger partial charge is 0.335 e. The van der Waals surface area contributed by atoms with E-state index in [1.165, 1.54) is 29.7 Å². The van der Waals surface area contributed by atoms with Gasteiger partial charge in [0.1, 0.15) is 11.5 Å². The van der Waals surface area contributed by atoms with E-state index in [2.05, 4.69) is 10.5 Å². The summed E-state index contributed by atoms with van der Waals surface area (Å²) in [6.45, 7) is 0. The minimum absolute atomic E-state index is 0.211. The van der Waals surface area contributed by atoms with Crippen LogP contribution in [0.15, 0.2) is 63.4 Å². The van der Waals surface area contributed by atoms with E-state index in [1.807, 2.05) is 5.38 Å². The molecule has 0 aliphatic rings. The zero-order valence-electron chi connectivity index (χ0n) is 12.3. The predicted molar refractivity (Wildman–Crippen MR) is 90.5 cm³/mol. The SMILES string of the molecule is O=C(O)c1ccc(-c2ccc(/C=N\NC(=O)c3cccs3)o2)cc1. The topological polar surface area (TPSA) is 91.9 Å². The molecule has 6 nitrogen and oxygen atoms in total. The first-order chi connectivity index (χ1) is 11.6. The van der Waals surface area contributed by atoms with Gasteiger partial charge in [-0.05, 0) is 35.7 Å². The number of nitrogens with zero attached hydrogens (tertiary/aromatic N) is 1. The van der Waals surface area contributed by atoms with Gasteiger partial charge in [0.25, 0.3) is 5.91 Å². The molecule has 7 heteroatoms. The highest BCUT2D eigenvalue weighted by Gasteiger charge is 2.07. The van der Waals surface area contributed by atoms with Crippen molar-refractivity contribution < 1.29 is 19.1 Å². The minimum atomic E-state index is -0.977. The summed E-state index contributed by atoms with van der Waals surface area (Å²) in [6.07, 6.45) is 1.40. The van der Waals surface area contributed by atoms with Gasteiger partial charge in [-0.25, -0.2) is 10.2 Å². The van der Waals surface area contributed by atoms with Crippen LogP contribution in [0.1, 0.15) is 25.8 Å². The van der Waals surface area contributed by atoms with Crippen LogP contribution in [-0.2, 0) is 0 Å². The van der Waals surface area contributed by atoms with E-state index in [1.54, 1.807) is 36.4 Å². The fourth-order valence-corrected chi connectivity index (χ4v) is 2.59. The number of carbonyl (C=O) groups excluding carboxylic acids is 1. The summed E-state index contributed by atoms with van der Waals surface area (Å²) < 4.78 is 5.60. The van der Waals surface area contributed by atoms with Crippen molar-refractivity contribution in [2.24, 2.45) is 5.10 Å². The number of benzene rings is 1. The minimum Gasteiger partial charge on any atom is -0.478 e. The molecular weight excluding hydrogens is 328 g/mol. The Morgan fingerprint density at radius 1 is 1.12 bits per heavy atom. The molecule has 2 heterocycles. The third-order valence-corrected chi connectivity index (χ3v) is 4.01. The highest BCUT2D eigenvalue weighted by atomic mass is 32.1. The average Bonchev–Trinajstić information content (AvgIpc) is 3.27. The van der Waals surface area contributed by atoms with Crippen LogP contribution in [-0.4, -0.2) is 23.2 Å². The second-order valence-corrected chi connectivity index (χ2v) is 5.71. The molecule has 0 unspecified atom stereocenters. The first-order valence-corrected chi connectivity index (χ1v) is 7.82. The number of furan rings is 1. The predicted octanol–water partition coefficient (Wildman–Crippen LogP) is 3.47. The maximum absolute atomic E-state index is 11.7. The summed E-state index contributed by atoms with van der Waals surface area (Å²) in [7, 11) is 0. The van der Waals surface area contributed by atoms with E-state index in [0.29, 0.717) is 16.4 Å². The van der Waals surface area contributed by atoms with Crippen molar-refractivity contribution in [1.82, 2.24) is 5.43 Å². The van der Waals surface area contributed by atoms with Crippen molar-refractivity contribution in [3.05, 3.63) is 70.1 Å². The Morgan fingerprint density at radius 3 is 2.58 bits per heavy atom. The van der Waals surface area contributed by atoms with Crippen LogP contribution in [0.3, 0.4) is 0 Å². The van der Waals surface area contributed by atoms with Gasteiger partial charge in [-0.2, -0.15) is 5.10 Å². The third-order valence-electron chi connectivity index (χ3n) is 3.15. The summed E-state index contributed by atoms with van der Waals surface area (Å²) in [5.41, 5.74) is 3.38. The highest BCUT2D eigenvalue weighted by molar-refractivity contribution is 7.12. The molecule has 1 amide bonds. The van der Waals surface area contributed by atoms with E-state index >= 15 is 0 Å². The van der Waals surface area contributed by atoms with Gasteiger partial charge in [0.2, 0.25) is 0 Å². The maximum Gasteiger partial charge on any atom is 0.335 e. The Bertz CT molecular complexity index is 880. The number of hydrogen-bond donors (Lipinski definition) is 2. The summed E-state index contributed by atoms with van der Waals surface area (Å²) in [4.78, 5) is 23.1. The van der Waals surface area contributed by atoms with Gasteiger partial charge in [0.05, 0.1) is 16.7 Å². The molecule has 1 aromatic carbocycles. The van der Waals surface area contributed by atoms with Crippen LogP contribution in [0.25, 0.3) is 11.3 Å². The first kappa shape index (κ1) is 15.7. The van der Waals surface area contributed by atoms with Gasteiger partial charge in [-0.3, -0.25) is 4.79 Å². The Kier molecular flexibility index (Phi) is 4.53. The Balaban J connectivity index is 1.66. The lowest BCUT2D eigenvalue weighted by atomic mass is 10.1. The van der Waals surface area contributed by atoms with Crippen LogP contribution < -0.4 is 5.43 Å². The molecule has 0 saturated carbocycles. The van der Waals surface area contributed by atoms with Crippen molar-refractivity contribution in [3.8, 4) is 11.3 Å². The van der Waals surface area contributed by atoms with Gasteiger partial charge < -0.3 is 9.52 Å². The van der Waals surface area contributed by atoms with Crippen LogP contribution in [0.2, 0.25) is 0 Å². The van der Waals surface area contributed by atoms with Crippen molar-refractivity contribution in [2.45, 2.75) is 0 Å². The lowest BCUT2D eigenvalue weighted by Crippen LogP contribution is -2.15. The Hall–Kier alpha value is -3.19. The van der Waals surface area contributed by atoms with Crippen LogP contribution in [0.5, 0.6) is 0 Å². The van der Waals surface area contributed by atoms with Gasteiger partial charge in [-0.15, -0.1) is 11.3 Å². The standard InChI is InChI=1S/C17H12N2O4S/c20-16(15-2-1-9-24-15)19-18-10-13-7-8-14(23-13)11-3-5-12(6-4-11)17(21)22/h1-10H,(H,19,20)(H,21,22)/b18-10-. The molecule has 120 valence electrons. The molecule has 0 fully saturated rings. The number of nitrogens with one attached hydrogen (secondary N) is 1. The van der Waals surface area contributed by atoms with E-state index in [0.717, 1.165) is 5.56 Å². The van der Waals surface area contributed by atoms with E-state index in [-0.39, 0.29) is 11.5 Å². The number of carboxylic acid groups (broad SMARTS) is 1. The average molecular weight is 340 g/mol. The molecule has 0 spiro atoms. The Labute approximate surface area is 141 Å². The van der Waals surface area contributed by atoms with Crippen LogP contribution in [0.4, 0.5) is 0 Å². The number of rotatable bonds is 5. The fourth-order valence-electron chi connectivity index (χ4n) is 1.97. The number of amides is 1. The van der Waals surface area contributed by atoms with Gasteiger partial charge >= 0.3 is 5.97 Å². The largest absolute Gasteiger partial charge is 0.478 e. The van der Waals surface area contributed by atoms with Crippen molar-refractivity contribution in [2.75, 3.05) is 0 Å². The number of hydrazone groups is 1. The first-order valence-electron chi connectivity index (χ1n) is 6.94. The van der Waals surface area contributed by atoms with Crippen LogP contribution in [0, 0.1) is 0 Å². The van der Waals surface area contributed by atoms with E-state index < -0.39 is 5.97 Å². The summed E-state index contributed by atoms with van der Waals surface area (Å²) in [5, 5.41) is 14.6. The van der Waals surface area contributed by atoms with Crippen molar-refractivity contribution in [3.63, 3.8) is 0 Å². The molecular formula is C17H12N2O4S. The molecule has 0 atom stereocenters. The number of hydrogen-bond acceptors (Lipinski definition) is 5. The van der Waals surface area contributed by atoms with Crippen molar-refractivity contribution >= 4 is 29.4 Å². The monoisotopic (exact) mass is 340 g/mol. The third kappa shape index (κ3) is 3.58. The zero-order chi connectivity index (χ0) is 16.9. The zero-order valence-corrected chi connectivity index (χ0v) is 13.1. The number of thiophene rings is 1. The number of carbonyl (C=O) groups is 2. The fraction of sp³-hybridized carbons (Fsp3) is 0. The molecule has 0 radical (unpaired) electrons. The summed E-state index contributed by atoms with van der Waals surface area (Å²) >= 11 is 1.33. The summed E-state index contributed by atoms with van der Waals surface area (Å²) in [5.74, 6) is -0.204. The second-order valence-electron chi connectivity index (χ2n) is 4.76. The molecule has 3 aromatic rings. The molecule has 0 aliphatic carbocycles. The van der Waals surface area contributed by atoms with Gasteiger partial charge in [0, 0.05) is 5.56 Å². The summed E-state index contributed by atoms with van der Waals surface area (Å²) in [6, 6.07) is 13.3. The highest BCUT2D eigenvalue weighted by Crippen LogP contribution is 2.22. The molecule has 2 N–H and O–H groups in total. The molecule has 0 aliphatic heterocycles. The lowest BCUT2D eigenvalue weighted by Gasteiger charge is -1.98. The maximum atomic E-state index is 11.7. The molecule has 2 aromatic heterocycles. The van der Waals surface area contributed by atoms with Crippen molar-refractivity contribution in [1.29, 1.82) is 0 Å². The second kappa shape index (κ2) is 6.93. The van der Waals surface area contributed by atoms with Gasteiger partial charge in [-0.1, -0.05) is 18.2 Å². The van der Waals surface area contributed by atoms with Gasteiger partial charge in [0.15, 0.2) is 0 Å². The number of carboxylic acids is 1. The number of aromatic carboxylic acids is 1. The molecule has 3 rings (SSSR count). The van der Waals surface area contributed by atoms with E-state index in [4.69, 9.17) is 9.52 Å². The molecule has 24 heavy (non-hydrogen) atoms. The lowest BCUT2D eigenvalue weighted by molar-refractivity contribution is 0.0696. The quantitative estimate of drug-likeness (QED) is 0.549. The normalized spacial score (nSPS) is 10.8. The molecule has 0 bridgehead atoms. The molecule has 0 saturated heterocycles.